The van der Waals surface area contributed by atoms with Gasteiger partial charge in [0.25, 0.3) is 0 Å². The van der Waals surface area contributed by atoms with Crippen LogP contribution < -0.4 is 15.6 Å². The largest absolute Gasteiger partial charge is 0.436 e. The molecule has 2 aromatic carbocycles. The molecule has 0 bridgehead atoms. The van der Waals surface area contributed by atoms with Gasteiger partial charge in [0.05, 0.1) is 29.3 Å². The Labute approximate surface area is 256 Å². The van der Waals surface area contributed by atoms with Crippen LogP contribution in [-0.4, -0.2) is 39.2 Å². The van der Waals surface area contributed by atoms with E-state index in [0.29, 0.717) is 11.3 Å². The average Bonchev–Trinajstić information content (AvgIpc) is 3.55. The fraction of sp³-hybridized carbons (Fsp3) is 0.100. The summed E-state index contributed by atoms with van der Waals surface area (Å²) < 4.78 is 105. The van der Waals surface area contributed by atoms with E-state index in [-0.39, 0.29) is 51.8 Å². The number of nitrogen functional groups attached to an aromatic ring is 1. The first-order chi connectivity index (χ1) is 21.7. The first kappa shape index (κ1) is 30.7. The Morgan fingerprint density at radius 2 is 1.80 bits per heavy atom. The number of para-hydroxylation sites is 1. The van der Waals surface area contributed by atoms with Gasteiger partial charge in [0.2, 0.25) is 21.7 Å². The lowest BCUT2D eigenvalue weighted by Gasteiger charge is -2.31. The van der Waals surface area contributed by atoms with E-state index >= 15 is 8.78 Å². The molecule has 3 aromatic heterocycles. The van der Waals surface area contributed by atoms with Gasteiger partial charge in [-0.05, 0) is 48.9 Å². The number of aromatic nitrogens is 4. The van der Waals surface area contributed by atoms with Gasteiger partial charge in [0.1, 0.15) is 23.3 Å². The van der Waals surface area contributed by atoms with Crippen molar-refractivity contribution in [3.05, 3.63) is 119 Å². The number of fused-ring (bicyclic) bond motifs is 1. The summed E-state index contributed by atoms with van der Waals surface area (Å²) in [5, 5.41) is 6.49. The van der Waals surface area contributed by atoms with Crippen LogP contribution in [0.15, 0.2) is 84.7 Å². The van der Waals surface area contributed by atoms with E-state index in [1.165, 1.54) is 47.4 Å². The van der Waals surface area contributed by atoms with Crippen LogP contribution in [0.3, 0.4) is 0 Å². The zero-order valence-corrected chi connectivity index (χ0v) is 24.2. The molecule has 0 fully saturated rings. The number of H-pyrrole nitrogens is 1. The van der Waals surface area contributed by atoms with E-state index in [1.807, 2.05) is 0 Å². The predicted octanol–water partition coefficient (Wildman–Crippen LogP) is 5.48. The molecule has 5 aromatic rings. The molecule has 16 heteroatoms. The number of primary sulfonamides is 1. The van der Waals surface area contributed by atoms with Crippen molar-refractivity contribution in [1.29, 1.82) is 0 Å². The number of ketones is 1. The Bertz CT molecular complexity index is 2250. The molecule has 3 heterocycles. The quantitative estimate of drug-likeness (QED) is 0.155. The number of anilines is 1. The zero-order chi connectivity index (χ0) is 33.1. The summed E-state index contributed by atoms with van der Waals surface area (Å²) in [6.07, 6.45) is 2.80. The molecule has 1 aliphatic carbocycles. The number of benzene rings is 2. The SMILES string of the molecule is Cc1cc(Oc2ccccc2F)ncc1-n1ncc(C(=O)c2cc3cc(F)c(C4(F)C=C(F)C=C(F)C4S(N)(=O)=O)cc3[nH]2)c1N. The Morgan fingerprint density at radius 3 is 2.50 bits per heavy atom. The van der Waals surface area contributed by atoms with Crippen LogP contribution in [0.1, 0.15) is 27.2 Å². The number of sulfonamides is 1. The number of hydrogen-bond acceptors (Lipinski definition) is 7. The summed E-state index contributed by atoms with van der Waals surface area (Å²) in [7, 11) is -5.03. The molecule has 0 aliphatic heterocycles. The number of alkyl halides is 1. The van der Waals surface area contributed by atoms with Gasteiger partial charge in [-0.2, -0.15) is 5.10 Å². The van der Waals surface area contributed by atoms with Gasteiger partial charge in [0.15, 0.2) is 22.5 Å². The maximum Gasteiger partial charge on any atom is 0.222 e. The summed E-state index contributed by atoms with van der Waals surface area (Å²) >= 11 is 0. The zero-order valence-electron chi connectivity index (χ0n) is 23.4. The molecular weight excluding hydrogens is 635 g/mol. The van der Waals surface area contributed by atoms with Crippen LogP contribution >= 0.6 is 0 Å². The molecule has 2 atom stereocenters. The molecule has 1 aliphatic rings. The van der Waals surface area contributed by atoms with Gasteiger partial charge in [-0.15, -0.1) is 0 Å². The first-order valence-corrected chi connectivity index (χ1v) is 14.8. The van der Waals surface area contributed by atoms with E-state index in [2.05, 4.69) is 15.1 Å². The Kier molecular flexibility index (Phi) is 7.28. The topological polar surface area (TPSA) is 159 Å². The first-order valence-electron chi connectivity index (χ1n) is 13.2. The van der Waals surface area contributed by atoms with E-state index < -0.39 is 55.6 Å². The summed E-state index contributed by atoms with van der Waals surface area (Å²) in [4.78, 5) is 20.3. The number of rotatable bonds is 7. The van der Waals surface area contributed by atoms with Crippen molar-refractivity contribution in [2.45, 2.75) is 17.8 Å². The number of carbonyl (C=O) groups is 1. The summed E-state index contributed by atoms with van der Waals surface area (Å²) in [5.41, 5.74) is 2.30. The lowest BCUT2D eigenvalue weighted by Crippen LogP contribution is -2.45. The Morgan fingerprint density at radius 1 is 1.07 bits per heavy atom. The number of ether oxygens (including phenoxy) is 1. The van der Waals surface area contributed by atoms with Crippen molar-refractivity contribution >= 4 is 32.5 Å². The van der Waals surface area contributed by atoms with E-state index in [9.17, 15) is 26.4 Å². The second-order valence-electron chi connectivity index (χ2n) is 10.4. The minimum atomic E-state index is -5.03. The third-order valence-electron chi connectivity index (χ3n) is 7.34. The molecular formula is C30H21F5N6O4S. The van der Waals surface area contributed by atoms with Crippen LogP contribution in [0.4, 0.5) is 27.8 Å². The van der Waals surface area contributed by atoms with Crippen molar-refractivity contribution in [1.82, 2.24) is 19.7 Å². The van der Waals surface area contributed by atoms with Gasteiger partial charge < -0.3 is 15.5 Å². The van der Waals surface area contributed by atoms with Gasteiger partial charge in [-0.3, -0.25) is 4.79 Å². The number of hydrogen-bond donors (Lipinski definition) is 3. The molecule has 0 amide bonds. The monoisotopic (exact) mass is 656 g/mol. The highest BCUT2D eigenvalue weighted by Crippen LogP contribution is 2.45. The van der Waals surface area contributed by atoms with Crippen molar-refractivity contribution in [3.8, 4) is 17.3 Å². The number of carbonyl (C=O) groups excluding carboxylic acids is 1. The van der Waals surface area contributed by atoms with Gasteiger partial charge >= 0.3 is 0 Å². The molecule has 0 radical (unpaired) electrons. The highest BCUT2D eigenvalue weighted by molar-refractivity contribution is 7.90. The number of aryl methyl sites for hydroxylation is 1. The number of aromatic amines is 1. The average molecular weight is 657 g/mol. The summed E-state index contributed by atoms with van der Waals surface area (Å²) in [6, 6.07) is 10.1. The standard InChI is InChI=1S/C30H21F5N6O4S/c1-14-6-26(45-25-5-3-2-4-19(25)32)38-13-24(14)41-29(36)17(12-39-41)27(42)23-8-15-7-20(33)18(10-22(15)40-23)30(35)11-16(31)9-21(34)28(30)46(37,43)44/h2-13,28,40H,36H2,1H3,(H2,37,43,44). The molecule has 6 rings (SSSR count). The normalized spacial score (nSPS) is 18.4. The molecule has 236 valence electrons. The van der Waals surface area contributed by atoms with Gasteiger partial charge in [-0.25, -0.2) is 45.2 Å². The van der Waals surface area contributed by atoms with Crippen LogP contribution in [0, 0.1) is 18.6 Å². The molecule has 0 saturated heterocycles. The molecule has 10 nitrogen and oxygen atoms in total. The molecule has 2 unspecified atom stereocenters. The van der Waals surface area contributed by atoms with Crippen molar-refractivity contribution in [2.75, 3.05) is 5.73 Å². The molecule has 0 spiro atoms. The minimum Gasteiger partial charge on any atom is -0.436 e. The van der Waals surface area contributed by atoms with Gasteiger partial charge in [0, 0.05) is 28.6 Å². The number of allylic oxidation sites excluding steroid dienone is 3. The third-order valence-corrected chi connectivity index (χ3v) is 8.56. The van der Waals surface area contributed by atoms with Crippen LogP contribution in [0.5, 0.6) is 11.6 Å². The van der Waals surface area contributed by atoms with Crippen LogP contribution in [0.2, 0.25) is 0 Å². The summed E-state index contributed by atoms with van der Waals surface area (Å²) in [6.45, 7) is 1.69. The second kappa shape index (κ2) is 10.9. The Hall–Kier alpha value is -5.35. The van der Waals surface area contributed by atoms with E-state index in [1.54, 1.807) is 13.0 Å². The minimum absolute atomic E-state index is 0.0312. The number of nitrogens with zero attached hydrogens (tertiary/aromatic N) is 3. The molecule has 5 N–H and O–H groups in total. The third kappa shape index (κ3) is 5.20. The maximum atomic E-state index is 16.2. The van der Waals surface area contributed by atoms with Crippen molar-refractivity contribution in [3.63, 3.8) is 0 Å². The Balaban J connectivity index is 1.32. The highest BCUT2D eigenvalue weighted by atomic mass is 32.2. The van der Waals surface area contributed by atoms with Gasteiger partial charge in [-0.1, -0.05) is 12.1 Å². The smallest absolute Gasteiger partial charge is 0.222 e. The van der Waals surface area contributed by atoms with E-state index in [0.717, 1.165) is 12.1 Å². The lowest BCUT2D eigenvalue weighted by molar-refractivity contribution is 0.103. The van der Waals surface area contributed by atoms with Crippen LogP contribution in [-0.2, 0) is 15.7 Å². The maximum absolute atomic E-state index is 16.2. The number of pyridine rings is 1. The summed E-state index contributed by atoms with van der Waals surface area (Å²) in [5.74, 6) is -5.91. The predicted molar refractivity (Wildman–Crippen MR) is 157 cm³/mol. The molecule has 0 saturated carbocycles. The second-order valence-corrected chi connectivity index (χ2v) is 12.1. The number of halogens is 5. The fourth-order valence-corrected chi connectivity index (χ4v) is 6.28. The van der Waals surface area contributed by atoms with E-state index in [4.69, 9.17) is 15.6 Å². The number of nitrogens with one attached hydrogen (secondary N) is 1. The number of nitrogens with two attached hydrogens (primary N) is 2. The molecule has 46 heavy (non-hydrogen) atoms. The van der Waals surface area contributed by atoms with Crippen LogP contribution in [0.25, 0.3) is 16.6 Å². The highest BCUT2D eigenvalue weighted by Gasteiger charge is 2.52. The van der Waals surface area contributed by atoms with Crippen molar-refractivity contribution in [2.24, 2.45) is 5.14 Å². The van der Waals surface area contributed by atoms with Crippen molar-refractivity contribution < 1.29 is 39.9 Å². The lowest BCUT2D eigenvalue weighted by atomic mass is 9.87. The fourth-order valence-electron chi connectivity index (χ4n) is 5.22.